The zero-order chi connectivity index (χ0) is 19.2. The number of amides is 1. The SMILES string of the molecule is CCn1ccnc1[C@H]1CCCN(C(=O)CCC(=O)c2ccc(OC)cc2)C1. The van der Waals surface area contributed by atoms with Crippen molar-refractivity contribution in [2.24, 2.45) is 0 Å². The van der Waals surface area contributed by atoms with Crippen molar-refractivity contribution in [3.8, 4) is 5.75 Å². The van der Waals surface area contributed by atoms with Crippen LogP contribution in [0.3, 0.4) is 0 Å². The number of carbonyl (C=O) groups is 2. The maximum atomic E-state index is 12.6. The number of ether oxygens (including phenoxy) is 1. The maximum Gasteiger partial charge on any atom is 0.223 e. The van der Waals surface area contributed by atoms with Gasteiger partial charge in [-0.1, -0.05) is 0 Å². The van der Waals surface area contributed by atoms with E-state index >= 15 is 0 Å². The number of likely N-dealkylation sites (tertiary alicyclic amines) is 1. The number of ketones is 1. The first kappa shape index (κ1) is 19.1. The van der Waals surface area contributed by atoms with E-state index in [4.69, 9.17) is 4.74 Å². The van der Waals surface area contributed by atoms with E-state index in [0.29, 0.717) is 17.9 Å². The van der Waals surface area contributed by atoms with Gasteiger partial charge < -0.3 is 14.2 Å². The van der Waals surface area contributed by atoms with Crippen molar-refractivity contribution >= 4 is 11.7 Å². The zero-order valence-corrected chi connectivity index (χ0v) is 16.1. The highest BCUT2D eigenvalue weighted by atomic mass is 16.5. The van der Waals surface area contributed by atoms with Gasteiger partial charge in [-0.25, -0.2) is 4.98 Å². The Morgan fingerprint density at radius 1 is 1.22 bits per heavy atom. The fourth-order valence-electron chi connectivity index (χ4n) is 3.66. The molecule has 1 amide bonds. The molecule has 6 heteroatoms. The van der Waals surface area contributed by atoms with Crippen molar-refractivity contribution in [1.29, 1.82) is 0 Å². The first-order valence-electron chi connectivity index (χ1n) is 9.58. The average Bonchev–Trinajstić information content (AvgIpc) is 3.21. The number of rotatable bonds is 7. The van der Waals surface area contributed by atoms with E-state index in [2.05, 4.69) is 16.5 Å². The number of benzene rings is 1. The summed E-state index contributed by atoms with van der Waals surface area (Å²) in [6, 6.07) is 7.01. The molecule has 1 fully saturated rings. The molecule has 0 unspecified atom stereocenters. The Balaban J connectivity index is 1.55. The van der Waals surface area contributed by atoms with Crippen LogP contribution >= 0.6 is 0 Å². The molecule has 1 saturated heterocycles. The van der Waals surface area contributed by atoms with Crippen molar-refractivity contribution in [2.75, 3.05) is 20.2 Å². The molecule has 6 nitrogen and oxygen atoms in total. The summed E-state index contributed by atoms with van der Waals surface area (Å²) in [7, 11) is 1.59. The van der Waals surface area contributed by atoms with E-state index in [9.17, 15) is 9.59 Å². The third kappa shape index (κ3) is 4.56. The Kier molecular flexibility index (Phi) is 6.27. The van der Waals surface area contributed by atoms with Gasteiger partial charge in [-0.15, -0.1) is 0 Å². The maximum absolute atomic E-state index is 12.6. The lowest BCUT2D eigenvalue weighted by Gasteiger charge is -2.32. The van der Waals surface area contributed by atoms with Gasteiger partial charge in [0.25, 0.3) is 0 Å². The Bertz CT molecular complexity index is 782. The van der Waals surface area contributed by atoms with Gasteiger partial charge in [0.05, 0.1) is 7.11 Å². The highest BCUT2D eigenvalue weighted by Crippen LogP contribution is 2.26. The van der Waals surface area contributed by atoms with E-state index in [1.807, 2.05) is 17.3 Å². The smallest absolute Gasteiger partial charge is 0.223 e. The fourth-order valence-corrected chi connectivity index (χ4v) is 3.66. The summed E-state index contributed by atoms with van der Waals surface area (Å²) < 4.78 is 7.25. The number of methoxy groups -OCH3 is 1. The molecule has 0 N–H and O–H groups in total. The first-order valence-corrected chi connectivity index (χ1v) is 9.58. The Labute approximate surface area is 160 Å². The summed E-state index contributed by atoms with van der Waals surface area (Å²) in [6.07, 6.45) is 6.32. The quantitative estimate of drug-likeness (QED) is 0.703. The van der Waals surface area contributed by atoms with Crippen LogP contribution in [0.4, 0.5) is 0 Å². The van der Waals surface area contributed by atoms with Gasteiger partial charge in [0.15, 0.2) is 5.78 Å². The minimum absolute atomic E-state index is 0.0129. The van der Waals surface area contributed by atoms with E-state index in [1.54, 1.807) is 31.4 Å². The van der Waals surface area contributed by atoms with Gasteiger partial charge in [-0.05, 0) is 44.0 Å². The van der Waals surface area contributed by atoms with Crippen LogP contribution < -0.4 is 4.74 Å². The summed E-state index contributed by atoms with van der Waals surface area (Å²) in [5.41, 5.74) is 0.616. The molecular weight excluding hydrogens is 342 g/mol. The number of hydrogen-bond acceptors (Lipinski definition) is 4. The molecule has 0 bridgehead atoms. The van der Waals surface area contributed by atoms with Gasteiger partial charge in [0.2, 0.25) is 5.91 Å². The van der Waals surface area contributed by atoms with Gasteiger partial charge in [-0.2, -0.15) is 0 Å². The topological polar surface area (TPSA) is 64.4 Å². The largest absolute Gasteiger partial charge is 0.497 e. The second kappa shape index (κ2) is 8.84. The van der Waals surface area contributed by atoms with E-state index in [0.717, 1.165) is 31.8 Å². The molecule has 144 valence electrons. The monoisotopic (exact) mass is 369 g/mol. The first-order chi connectivity index (χ1) is 13.1. The Morgan fingerprint density at radius 3 is 2.70 bits per heavy atom. The number of imidazole rings is 1. The van der Waals surface area contributed by atoms with Crippen molar-refractivity contribution < 1.29 is 14.3 Å². The number of piperidine rings is 1. The number of nitrogens with zero attached hydrogens (tertiary/aromatic N) is 3. The lowest BCUT2D eigenvalue weighted by Crippen LogP contribution is -2.39. The highest BCUT2D eigenvalue weighted by molar-refractivity contribution is 5.98. The molecule has 2 heterocycles. The van der Waals surface area contributed by atoms with Crippen LogP contribution in [-0.2, 0) is 11.3 Å². The van der Waals surface area contributed by atoms with E-state index in [-0.39, 0.29) is 30.4 Å². The minimum Gasteiger partial charge on any atom is -0.497 e. The molecule has 0 aliphatic carbocycles. The minimum atomic E-state index is -0.0129. The molecule has 1 aliphatic heterocycles. The Morgan fingerprint density at radius 2 is 2.00 bits per heavy atom. The number of carbonyl (C=O) groups excluding carboxylic acids is 2. The second-order valence-electron chi connectivity index (χ2n) is 6.90. The molecule has 1 aliphatic rings. The molecule has 0 radical (unpaired) electrons. The van der Waals surface area contributed by atoms with E-state index in [1.165, 1.54) is 0 Å². The van der Waals surface area contributed by atoms with Gasteiger partial charge in [0.1, 0.15) is 11.6 Å². The fraction of sp³-hybridized carbons (Fsp3) is 0.476. The highest BCUT2D eigenvalue weighted by Gasteiger charge is 2.27. The summed E-state index contributed by atoms with van der Waals surface area (Å²) in [4.78, 5) is 31.4. The second-order valence-corrected chi connectivity index (χ2v) is 6.90. The third-order valence-electron chi connectivity index (χ3n) is 5.21. The third-order valence-corrected chi connectivity index (χ3v) is 5.21. The van der Waals surface area contributed by atoms with Gasteiger partial charge in [-0.3, -0.25) is 9.59 Å². The summed E-state index contributed by atoms with van der Waals surface area (Å²) in [6.45, 7) is 4.43. The van der Waals surface area contributed by atoms with Crippen LogP contribution in [-0.4, -0.2) is 46.3 Å². The van der Waals surface area contributed by atoms with Crippen molar-refractivity contribution in [3.63, 3.8) is 0 Å². The molecule has 1 atom stereocenters. The average molecular weight is 369 g/mol. The normalized spacial score (nSPS) is 17.0. The summed E-state index contributed by atoms with van der Waals surface area (Å²) in [5, 5.41) is 0. The van der Waals surface area contributed by atoms with Crippen molar-refractivity contribution in [3.05, 3.63) is 48.0 Å². The van der Waals surface area contributed by atoms with Crippen molar-refractivity contribution in [1.82, 2.24) is 14.5 Å². The molecular formula is C21H27N3O3. The molecule has 2 aromatic rings. The van der Waals surface area contributed by atoms with Crippen LogP contribution in [0.5, 0.6) is 5.75 Å². The van der Waals surface area contributed by atoms with E-state index < -0.39 is 0 Å². The number of Topliss-reactive ketones (excluding diaryl/α,β-unsaturated/α-hetero) is 1. The van der Waals surface area contributed by atoms with Crippen LogP contribution in [0.2, 0.25) is 0 Å². The molecule has 0 saturated carbocycles. The van der Waals surface area contributed by atoms with Crippen LogP contribution in [0.15, 0.2) is 36.7 Å². The van der Waals surface area contributed by atoms with Crippen LogP contribution in [0.1, 0.15) is 54.7 Å². The zero-order valence-electron chi connectivity index (χ0n) is 16.1. The lowest BCUT2D eigenvalue weighted by atomic mass is 9.96. The molecule has 0 spiro atoms. The van der Waals surface area contributed by atoms with Gasteiger partial charge >= 0.3 is 0 Å². The number of aryl methyl sites for hydroxylation is 1. The molecule has 1 aromatic heterocycles. The lowest BCUT2D eigenvalue weighted by molar-refractivity contribution is -0.132. The van der Waals surface area contributed by atoms with Crippen LogP contribution in [0.25, 0.3) is 0 Å². The molecule has 3 rings (SSSR count). The summed E-state index contributed by atoms with van der Waals surface area (Å²) >= 11 is 0. The standard InChI is InChI=1S/C21H27N3O3/c1-3-23-14-12-22-21(23)17-5-4-13-24(15-17)20(26)11-10-19(25)16-6-8-18(27-2)9-7-16/h6-9,12,14,17H,3-5,10-11,13,15H2,1-2H3/t17-/m0/s1. The molecule has 1 aromatic carbocycles. The predicted octanol–water partition coefficient (Wildman–Crippen LogP) is 3.28. The Hall–Kier alpha value is -2.63. The van der Waals surface area contributed by atoms with Crippen molar-refractivity contribution in [2.45, 2.75) is 45.1 Å². The number of aromatic nitrogens is 2. The summed E-state index contributed by atoms with van der Waals surface area (Å²) in [5.74, 6) is 2.09. The van der Waals surface area contributed by atoms with Gasteiger partial charge in [0, 0.05) is 56.4 Å². The predicted molar refractivity (Wildman–Crippen MR) is 103 cm³/mol. The number of hydrogen-bond donors (Lipinski definition) is 0. The van der Waals surface area contributed by atoms with Crippen LogP contribution in [0, 0.1) is 0 Å². The molecule has 27 heavy (non-hydrogen) atoms.